The number of nitrogens with one attached hydrogen (secondary N) is 2. The van der Waals surface area contributed by atoms with Gasteiger partial charge in [0.15, 0.2) is 0 Å². The minimum atomic E-state index is 0. The molecular weight excluding hydrogens is 138 g/mol. The second kappa shape index (κ2) is 46.0. The van der Waals surface area contributed by atoms with E-state index in [-0.39, 0.29) is 69.8 Å². The Balaban J connectivity index is -0.0000000160. The zero-order valence-corrected chi connectivity index (χ0v) is 2.63. The van der Waals surface area contributed by atoms with E-state index in [0.29, 0.717) is 0 Å². The van der Waals surface area contributed by atoms with Gasteiger partial charge in [0.1, 0.15) is 0 Å². The van der Waals surface area contributed by atoms with Crippen LogP contribution >= 0.6 is 0 Å². The van der Waals surface area contributed by atoms with Crippen molar-refractivity contribution in [2.45, 2.75) is 0 Å². The van der Waals surface area contributed by atoms with Crippen molar-refractivity contribution in [3.05, 3.63) is 20.2 Å². The van der Waals surface area contributed by atoms with Gasteiger partial charge in [-0.05, 0) is 0 Å². The molecule has 0 aromatic rings. The van der Waals surface area contributed by atoms with Crippen molar-refractivity contribution in [2.75, 3.05) is 0 Å². The summed E-state index contributed by atoms with van der Waals surface area (Å²) >= 11 is 0. The van der Waals surface area contributed by atoms with Crippen molar-refractivity contribution in [1.29, 1.82) is 0 Å². The van der Waals surface area contributed by atoms with Crippen molar-refractivity contribution in [3.8, 4) is 0 Å². The molecule has 40 valence electrons. The SMILES string of the molecule is O=[NH+][O-].O=[NH+][O-].[NaH].[NaH]. The van der Waals surface area contributed by atoms with Crippen LogP contribution < -0.4 is 10.7 Å². The first-order chi connectivity index (χ1) is 2.83. The topological polar surface area (TPSA) is 108 Å². The molecule has 0 fully saturated rings. The standard InChI is InChI=1S/2HNO2.2Na.2H/c2*2-1-3;;;;/h2*1H;;;;. The molecule has 0 bridgehead atoms. The Hall–Kier alpha value is 0.800. The van der Waals surface area contributed by atoms with Crippen LogP contribution in [0, 0.1) is 20.2 Å². The Morgan fingerprint density at radius 1 is 0.875 bits per heavy atom. The minimum absolute atomic E-state index is 0. The van der Waals surface area contributed by atoms with E-state index in [2.05, 4.69) is 0 Å². The van der Waals surface area contributed by atoms with Crippen LogP contribution in [0.25, 0.3) is 0 Å². The maximum atomic E-state index is 8.12. The predicted molar refractivity (Wildman–Crippen MR) is 29.7 cm³/mol. The molecule has 0 aliphatic carbocycles. The van der Waals surface area contributed by atoms with Crippen LogP contribution in [-0.2, 0) is 0 Å². The molecule has 0 aliphatic heterocycles. The summed E-state index contributed by atoms with van der Waals surface area (Å²) in [5, 5.41) is 16.8. The summed E-state index contributed by atoms with van der Waals surface area (Å²) in [5.74, 6) is 0. The second-order valence-corrected chi connectivity index (χ2v) is 0.167. The van der Waals surface area contributed by atoms with Crippen molar-refractivity contribution in [2.24, 2.45) is 0 Å². The molecule has 0 unspecified atom stereocenters. The Labute approximate surface area is 89.1 Å². The van der Waals surface area contributed by atoms with Crippen LogP contribution in [0.1, 0.15) is 0 Å². The van der Waals surface area contributed by atoms with E-state index >= 15 is 0 Å². The van der Waals surface area contributed by atoms with Crippen LogP contribution in [0.3, 0.4) is 0 Å². The molecule has 2 N–H and O–H groups in total. The Morgan fingerprint density at radius 3 is 0.875 bits per heavy atom. The van der Waals surface area contributed by atoms with Gasteiger partial charge >= 0.3 is 59.1 Å². The van der Waals surface area contributed by atoms with Crippen molar-refractivity contribution in [3.63, 3.8) is 0 Å². The molecule has 0 atom stereocenters. The van der Waals surface area contributed by atoms with E-state index in [4.69, 9.17) is 20.2 Å². The van der Waals surface area contributed by atoms with Crippen LogP contribution in [0.5, 0.6) is 0 Å². The number of hydrogen-bond donors (Lipinski definition) is 2. The van der Waals surface area contributed by atoms with Gasteiger partial charge in [-0.25, -0.2) is 0 Å². The fourth-order valence-corrected chi connectivity index (χ4v) is 0. The van der Waals surface area contributed by atoms with Gasteiger partial charge in [0.2, 0.25) is 0 Å². The summed E-state index contributed by atoms with van der Waals surface area (Å²) in [6, 6.07) is 0. The average molecular weight is 142 g/mol. The van der Waals surface area contributed by atoms with Gasteiger partial charge in [-0.1, -0.05) is 0 Å². The first kappa shape index (κ1) is 23.2. The first-order valence-corrected chi connectivity index (χ1v) is 0.816. The first-order valence-electron chi connectivity index (χ1n) is 0.816. The third-order valence-electron chi connectivity index (χ3n) is 0. The van der Waals surface area contributed by atoms with Gasteiger partial charge in [-0.2, -0.15) is 0 Å². The molecule has 8 heteroatoms. The van der Waals surface area contributed by atoms with Gasteiger partial charge < -0.3 is 0 Å². The predicted octanol–water partition coefficient (Wildman–Crippen LogP) is -4.63. The molecule has 0 aliphatic rings. The summed E-state index contributed by atoms with van der Waals surface area (Å²) in [7, 11) is 0. The molecular formula is H4N2Na2O4. The zero-order chi connectivity index (χ0) is 5.41. The Bertz CT molecular complexity index is 33.0. The van der Waals surface area contributed by atoms with Gasteiger partial charge in [-0.3, -0.25) is 20.2 Å². The van der Waals surface area contributed by atoms with Crippen LogP contribution in [0.4, 0.5) is 0 Å². The molecule has 0 heterocycles. The van der Waals surface area contributed by atoms with Crippen molar-refractivity contribution in [1.82, 2.24) is 0 Å². The van der Waals surface area contributed by atoms with Gasteiger partial charge in [-0.15, -0.1) is 0 Å². The van der Waals surface area contributed by atoms with Gasteiger partial charge in [0.05, 0.1) is 0 Å². The molecule has 0 saturated heterocycles. The number of hydrogen-bond acceptors (Lipinski definition) is 4. The zero-order valence-electron chi connectivity index (χ0n) is 2.63. The molecule has 0 amide bonds. The fraction of sp³-hybridized carbons (Fsp3) is 0. The van der Waals surface area contributed by atoms with Gasteiger partial charge in [0.25, 0.3) is 0 Å². The quantitative estimate of drug-likeness (QED) is 0.201. The van der Waals surface area contributed by atoms with Crippen LogP contribution in [0.15, 0.2) is 0 Å². The van der Waals surface area contributed by atoms with E-state index in [9.17, 15) is 0 Å². The summed E-state index contributed by atoms with van der Waals surface area (Å²) in [4.78, 5) is 16.2. The molecule has 0 rings (SSSR count). The molecule has 0 spiro atoms. The van der Waals surface area contributed by atoms with Crippen LogP contribution in [-0.4, -0.2) is 59.1 Å². The molecule has 0 aromatic carbocycles. The van der Waals surface area contributed by atoms with Crippen molar-refractivity contribution >= 4 is 59.1 Å². The van der Waals surface area contributed by atoms with Gasteiger partial charge in [0, 0.05) is 10.7 Å². The average Bonchev–Trinajstić information content (AvgIpc) is 1.39. The van der Waals surface area contributed by atoms with E-state index in [0.717, 1.165) is 0 Å². The molecule has 6 nitrogen and oxygen atoms in total. The molecule has 0 radical (unpaired) electrons. The molecule has 0 saturated carbocycles. The third kappa shape index (κ3) is 357. The Morgan fingerprint density at radius 2 is 0.875 bits per heavy atom. The van der Waals surface area contributed by atoms with E-state index < -0.39 is 0 Å². The van der Waals surface area contributed by atoms with E-state index in [1.54, 1.807) is 0 Å². The monoisotopic (exact) mass is 142 g/mol. The van der Waals surface area contributed by atoms with Crippen LogP contribution in [0.2, 0.25) is 0 Å². The summed E-state index contributed by atoms with van der Waals surface area (Å²) in [6.07, 6.45) is 0. The normalized spacial score (nSPS) is 3.00. The van der Waals surface area contributed by atoms with Crippen molar-refractivity contribution < 1.29 is 10.7 Å². The third-order valence-corrected chi connectivity index (χ3v) is 0. The second-order valence-electron chi connectivity index (χ2n) is 0.167. The summed E-state index contributed by atoms with van der Waals surface area (Å²) in [5.41, 5.74) is 0. The molecule has 8 heavy (non-hydrogen) atoms. The fourth-order valence-electron chi connectivity index (χ4n) is 0. The molecule has 0 aromatic heterocycles. The summed E-state index contributed by atoms with van der Waals surface area (Å²) < 4.78 is 0. The van der Waals surface area contributed by atoms with E-state index in [1.807, 2.05) is 0 Å². The number of rotatable bonds is 0. The summed E-state index contributed by atoms with van der Waals surface area (Å²) in [6.45, 7) is 0. The maximum absolute atomic E-state index is 8.12. The Kier molecular flexibility index (Phi) is 134. The van der Waals surface area contributed by atoms with E-state index in [1.165, 1.54) is 0 Å².